The minimum Gasteiger partial charge on any atom is -0.330 e. The van der Waals surface area contributed by atoms with Crippen LogP contribution >= 0.6 is 0 Å². The second kappa shape index (κ2) is 6.20. The fourth-order valence-electron chi connectivity index (χ4n) is 2.19. The molecule has 1 aromatic rings. The number of halogens is 3. The number of nitrogens with two attached hydrogens (primary N) is 1. The lowest BCUT2D eigenvalue weighted by Gasteiger charge is -2.30. The summed E-state index contributed by atoms with van der Waals surface area (Å²) in [5, 5.41) is 0. The van der Waals surface area contributed by atoms with E-state index < -0.39 is 33.3 Å². The Morgan fingerprint density at radius 2 is 1.81 bits per heavy atom. The third kappa shape index (κ3) is 3.47. The summed E-state index contributed by atoms with van der Waals surface area (Å²) in [6.45, 7) is 0.990. The van der Waals surface area contributed by atoms with Gasteiger partial charge in [-0.25, -0.2) is 13.2 Å². The Kier molecular flexibility index (Phi) is 4.74. The molecule has 0 spiro atoms. The van der Waals surface area contributed by atoms with Gasteiger partial charge in [-0.1, -0.05) is 0 Å². The monoisotopic (exact) mass is 323 g/mol. The Morgan fingerprint density at radius 3 is 2.38 bits per heavy atom. The Balaban J connectivity index is 2.13. The molecule has 1 aliphatic rings. The molecule has 5 nitrogen and oxygen atoms in total. The molecule has 0 radical (unpaired) electrons. The van der Waals surface area contributed by atoms with Crippen molar-refractivity contribution in [3.63, 3.8) is 0 Å². The zero-order valence-corrected chi connectivity index (χ0v) is 12.0. The molecule has 0 aliphatic carbocycles. The SMILES string of the molecule is NCC1CCN(S(=O)(=O)Nc2ccc(F)c(F)c2F)CC1. The van der Waals surface area contributed by atoms with Crippen LogP contribution in [0.25, 0.3) is 0 Å². The number of nitrogens with zero attached hydrogens (tertiary/aromatic N) is 1. The first kappa shape index (κ1) is 16.1. The molecule has 2 rings (SSSR count). The molecular weight excluding hydrogens is 307 g/mol. The van der Waals surface area contributed by atoms with E-state index in [0.717, 1.165) is 10.4 Å². The maximum absolute atomic E-state index is 13.5. The van der Waals surface area contributed by atoms with Gasteiger partial charge in [-0.05, 0) is 37.4 Å². The summed E-state index contributed by atoms with van der Waals surface area (Å²) >= 11 is 0. The highest BCUT2D eigenvalue weighted by Gasteiger charge is 2.28. The zero-order chi connectivity index (χ0) is 15.6. The predicted octanol–water partition coefficient (Wildman–Crippen LogP) is 1.43. The van der Waals surface area contributed by atoms with Gasteiger partial charge in [-0.15, -0.1) is 0 Å². The van der Waals surface area contributed by atoms with Crippen molar-refractivity contribution in [2.75, 3.05) is 24.4 Å². The van der Waals surface area contributed by atoms with Gasteiger partial charge in [0.1, 0.15) is 0 Å². The molecule has 1 fully saturated rings. The van der Waals surface area contributed by atoms with Crippen LogP contribution in [0.4, 0.5) is 18.9 Å². The van der Waals surface area contributed by atoms with Crippen molar-refractivity contribution in [3.05, 3.63) is 29.6 Å². The second-order valence-corrected chi connectivity index (χ2v) is 6.58. The van der Waals surface area contributed by atoms with Crippen molar-refractivity contribution in [1.82, 2.24) is 4.31 Å². The van der Waals surface area contributed by atoms with Crippen LogP contribution in [-0.2, 0) is 10.2 Å². The summed E-state index contributed by atoms with van der Waals surface area (Å²) in [5.41, 5.74) is 4.91. The average molecular weight is 323 g/mol. The highest BCUT2D eigenvalue weighted by Crippen LogP contribution is 2.23. The molecular formula is C12H16F3N3O2S. The van der Waals surface area contributed by atoms with Gasteiger partial charge in [-0.3, -0.25) is 4.72 Å². The van der Waals surface area contributed by atoms with Gasteiger partial charge < -0.3 is 5.73 Å². The number of rotatable bonds is 4. The Labute approximate surface area is 121 Å². The lowest BCUT2D eigenvalue weighted by Crippen LogP contribution is -2.42. The van der Waals surface area contributed by atoms with E-state index in [1.807, 2.05) is 4.72 Å². The fraction of sp³-hybridized carbons (Fsp3) is 0.500. The van der Waals surface area contributed by atoms with E-state index in [4.69, 9.17) is 5.73 Å². The topological polar surface area (TPSA) is 75.4 Å². The molecule has 0 bridgehead atoms. The van der Waals surface area contributed by atoms with E-state index in [1.54, 1.807) is 0 Å². The predicted molar refractivity (Wildman–Crippen MR) is 72.2 cm³/mol. The van der Waals surface area contributed by atoms with E-state index in [2.05, 4.69) is 0 Å². The average Bonchev–Trinajstić information content (AvgIpc) is 2.48. The van der Waals surface area contributed by atoms with E-state index >= 15 is 0 Å². The van der Waals surface area contributed by atoms with Crippen molar-refractivity contribution >= 4 is 15.9 Å². The molecule has 21 heavy (non-hydrogen) atoms. The lowest BCUT2D eigenvalue weighted by molar-refractivity contribution is 0.279. The van der Waals surface area contributed by atoms with Gasteiger partial charge in [-0.2, -0.15) is 12.7 Å². The van der Waals surface area contributed by atoms with Crippen LogP contribution in [0.15, 0.2) is 12.1 Å². The van der Waals surface area contributed by atoms with Gasteiger partial charge in [0.2, 0.25) is 0 Å². The molecule has 1 saturated heterocycles. The van der Waals surface area contributed by atoms with Crippen molar-refractivity contribution in [2.24, 2.45) is 11.7 Å². The van der Waals surface area contributed by atoms with Gasteiger partial charge in [0.05, 0.1) is 5.69 Å². The summed E-state index contributed by atoms with van der Waals surface area (Å²) in [6.07, 6.45) is 1.22. The van der Waals surface area contributed by atoms with Crippen LogP contribution < -0.4 is 10.5 Å². The number of hydrogen-bond acceptors (Lipinski definition) is 3. The number of nitrogens with one attached hydrogen (secondary N) is 1. The molecule has 0 atom stereocenters. The standard InChI is InChI=1S/C12H16F3N3O2S/c13-9-1-2-10(12(15)11(9)14)17-21(19,20)18-5-3-8(7-16)4-6-18/h1-2,8,17H,3-7,16H2. The molecule has 1 aliphatic heterocycles. The van der Waals surface area contributed by atoms with Gasteiger partial charge in [0.15, 0.2) is 17.5 Å². The Morgan fingerprint density at radius 1 is 1.19 bits per heavy atom. The van der Waals surface area contributed by atoms with E-state index in [-0.39, 0.29) is 19.0 Å². The minimum atomic E-state index is -4.01. The van der Waals surface area contributed by atoms with E-state index in [0.29, 0.717) is 25.5 Å². The molecule has 3 N–H and O–H groups in total. The van der Waals surface area contributed by atoms with Crippen LogP contribution in [0.2, 0.25) is 0 Å². The largest absolute Gasteiger partial charge is 0.330 e. The molecule has 1 aromatic carbocycles. The van der Waals surface area contributed by atoms with Gasteiger partial charge in [0, 0.05) is 13.1 Å². The normalized spacial score (nSPS) is 17.9. The number of piperidine rings is 1. The van der Waals surface area contributed by atoms with Crippen LogP contribution in [0, 0.1) is 23.4 Å². The Hall–Kier alpha value is -1.32. The third-order valence-corrected chi connectivity index (χ3v) is 5.04. The van der Waals surface area contributed by atoms with Crippen molar-refractivity contribution in [2.45, 2.75) is 12.8 Å². The first-order valence-electron chi connectivity index (χ1n) is 6.46. The number of anilines is 1. The highest BCUT2D eigenvalue weighted by atomic mass is 32.2. The van der Waals surface area contributed by atoms with Crippen LogP contribution in [0.5, 0.6) is 0 Å². The Bertz CT molecular complexity index is 616. The molecule has 0 amide bonds. The summed E-state index contributed by atoms with van der Waals surface area (Å²) in [7, 11) is -4.01. The maximum atomic E-state index is 13.5. The maximum Gasteiger partial charge on any atom is 0.301 e. The van der Waals surface area contributed by atoms with Crippen molar-refractivity contribution in [3.8, 4) is 0 Å². The van der Waals surface area contributed by atoms with Gasteiger partial charge in [0.25, 0.3) is 0 Å². The first-order valence-corrected chi connectivity index (χ1v) is 7.90. The van der Waals surface area contributed by atoms with Crippen molar-refractivity contribution < 1.29 is 21.6 Å². The summed E-state index contributed by atoms with van der Waals surface area (Å²) in [4.78, 5) is 0. The van der Waals surface area contributed by atoms with Gasteiger partial charge >= 0.3 is 10.2 Å². The first-order chi connectivity index (χ1) is 9.85. The second-order valence-electron chi connectivity index (χ2n) is 4.91. The van der Waals surface area contributed by atoms with Crippen LogP contribution in [0.3, 0.4) is 0 Å². The van der Waals surface area contributed by atoms with Crippen LogP contribution in [0.1, 0.15) is 12.8 Å². The van der Waals surface area contributed by atoms with Crippen LogP contribution in [-0.4, -0.2) is 32.4 Å². The molecule has 9 heteroatoms. The zero-order valence-electron chi connectivity index (χ0n) is 11.2. The molecule has 1 heterocycles. The quantitative estimate of drug-likeness (QED) is 0.823. The highest BCUT2D eigenvalue weighted by molar-refractivity contribution is 7.90. The fourth-order valence-corrected chi connectivity index (χ4v) is 3.45. The lowest BCUT2D eigenvalue weighted by atomic mass is 9.99. The van der Waals surface area contributed by atoms with E-state index in [9.17, 15) is 21.6 Å². The molecule has 118 valence electrons. The summed E-state index contributed by atoms with van der Waals surface area (Å²) in [6, 6.07) is 1.51. The smallest absolute Gasteiger partial charge is 0.301 e. The summed E-state index contributed by atoms with van der Waals surface area (Å²) in [5.74, 6) is -4.39. The minimum absolute atomic E-state index is 0.252. The van der Waals surface area contributed by atoms with E-state index in [1.165, 1.54) is 0 Å². The molecule has 0 saturated carbocycles. The summed E-state index contributed by atoms with van der Waals surface area (Å²) < 4.78 is 66.7. The molecule has 0 aromatic heterocycles. The number of hydrogen-bond donors (Lipinski definition) is 2. The molecule has 0 unspecified atom stereocenters. The van der Waals surface area contributed by atoms with Crippen molar-refractivity contribution in [1.29, 1.82) is 0 Å². The third-order valence-electron chi connectivity index (χ3n) is 3.52. The number of benzene rings is 1.